The van der Waals surface area contributed by atoms with Gasteiger partial charge in [0.25, 0.3) is 0 Å². The number of ether oxygens (including phenoxy) is 3. The summed E-state index contributed by atoms with van der Waals surface area (Å²) in [5, 5.41) is 10.2. The highest BCUT2D eigenvalue weighted by atomic mass is 16.6. The molecule has 6 nitrogen and oxygen atoms in total. The van der Waals surface area contributed by atoms with Crippen LogP contribution in [0.3, 0.4) is 0 Å². The summed E-state index contributed by atoms with van der Waals surface area (Å²) < 4.78 is 17.2. The third kappa shape index (κ3) is 4.11. The first kappa shape index (κ1) is 20.1. The van der Waals surface area contributed by atoms with Gasteiger partial charge in [0, 0.05) is 11.5 Å². The van der Waals surface area contributed by atoms with Gasteiger partial charge < -0.3 is 19.3 Å². The Morgan fingerprint density at radius 2 is 2.22 bits per heavy atom. The Labute approximate surface area is 160 Å². The molecule has 0 amide bonds. The van der Waals surface area contributed by atoms with Crippen molar-refractivity contribution in [1.29, 1.82) is 0 Å². The summed E-state index contributed by atoms with van der Waals surface area (Å²) in [6, 6.07) is 0. The molecule has 3 aliphatic rings. The molecule has 0 bridgehead atoms. The quantitative estimate of drug-likeness (QED) is 0.350. The molecule has 27 heavy (non-hydrogen) atoms. The molecule has 2 aliphatic heterocycles. The van der Waals surface area contributed by atoms with Gasteiger partial charge in [0.1, 0.15) is 18.3 Å². The standard InChI is InChI=1S/C21H30O6/c1-6-20(4,24)11-16(22)25-15-10-14-13(3)19(23)26-17(14)18-21(5,27-18)9-7-8-12(15)2/h8,14-15,17-18,24H,3,6-7,9-11H2,1-2,4-5H3/b12-8-/t14-,15-,17-,18+,20?,21+/m0/s1. The molecule has 2 fully saturated rings. The molecule has 0 aromatic carbocycles. The Morgan fingerprint density at radius 1 is 1.52 bits per heavy atom. The molecule has 6 atom stereocenters. The minimum atomic E-state index is -1.09. The maximum absolute atomic E-state index is 12.4. The lowest BCUT2D eigenvalue weighted by atomic mass is 9.83. The molecule has 0 saturated carbocycles. The van der Waals surface area contributed by atoms with Gasteiger partial charge in [-0.3, -0.25) is 4.79 Å². The van der Waals surface area contributed by atoms with Gasteiger partial charge in [-0.2, -0.15) is 0 Å². The SMILES string of the molecule is C=C1C(=O)O[C@@H]2[C@H]3O[C@]3(C)CC/C=C(/C)[C@@H](OC(=O)CC(C)(O)CC)C[C@@H]12. The monoisotopic (exact) mass is 378 g/mol. The van der Waals surface area contributed by atoms with E-state index in [-0.39, 0.29) is 30.1 Å². The minimum absolute atomic E-state index is 0.0679. The normalized spacial score (nSPS) is 40.0. The third-order valence-corrected chi connectivity index (χ3v) is 6.23. The second-order valence-electron chi connectivity index (χ2n) is 8.58. The fourth-order valence-corrected chi connectivity index (χ4v) is 3.96. The van der Waals surface area contributed by atoms with Gasteiger partial charge in [0.05, 0.1) is 17.6 Å². The molecule has 2 saturated heterocycles. The van der Waals surface area contributed by atoms with E-state index < -0.39 is 23.6 Å². The number of epoxide rings is 1. The highest BCUT2D eigenvalue weighted by Crippen LogP contribution is 2.50. The van der Waals surface area contributed by atoms with Crippen LogP contribution in [0.15, 0.2) is 23.8 Å². The van der Waals surface area contributed by atoms with Crippen molar-refractivity contribution in [1.82, 2.24) is 0 Å². The number of carbonyl (C=O) groups is 2. The van der Waals surface area contributed by atoms with Gasteiger partial charge in [-0.05, 0) is 52.0 Å². The van der Waals surface area contributed by atoms with Gasteiger partial charge in [0.2, 0.25) is 0 Å². The lowest BCUT2D eigenvalue weighted by Gasteiger charge is -2.27. The Morgan fingerprint density at radius 3 is 2.89 bits per heavy atom. The fourth-order valence-electron chi connectivity index (χ4n) is 3.96. The van der Waals surface area contributed by atoms with Gasteiger partial charge in [-0.15, -0.1) is 0 Å². The van der Waals surface area contributed by atoms with Crippen LogP contribution >= 0.6 is 0 Å². The van der Waals surface area contributed by atoms with Gasteiger partial charge >= 0.3 is 11.9 Å². The zero-order chi connectivity index (χ0) is 20.0. The Kier molecular flexibility index (Phi) is 5.25. The number of rotatable bonds is 4. The van der Waals surface area contributed by atoms with Crippen LogP contribution in [-0.4, -0.2) is 46.6 Å². The molecular formula is C21H30O6. The summed E-state index contributed by atoms with van der Waals surface area (Å²) in [5.74, 6) is -1.10. The van der Waals surface area contributed by atoms with Crippen LogP contribution < -0.4 is 0 Å². The first-order chi connectivity index (χ1) is 12.6. The summed E-state index contributed by atoms with van der Waals surface area (Å²) in [6.07, 6.45) is 3.49. The smallest absolute Gasteiger partial charge is 0.334 e. The average molecular weight is 378 g/mol. The third-order valence-electron chi connectivity index (χ3n) is 6.23. The van der Waals surface area contributed by atoms with Crippen LogP contribution in [0.2, 0.25) is 0 Å². The van der Waals surface area contributed by atoms with E-state index in [9.17, 15) is 14.7 Å². The number of carbonyl (C=O) groups excluding carboxylic acids is 2. The van der Waals surface area contributed by atoms with Crippen molar-refractivity contribution >= 4 is 11.9 Å². The minimum Gasteiger partial charge on any atom is -0.458 e. The highest BCUT2D eigenvalue weighted by Gasteiger charge is 2.61. The van der Waals surface area contributed by atoms with Gasteiger partial charge in [0.15, 0.2) is 0 Å². The Hall–Kier alpha value is -1.66. The number of aliphatic hydroxyl groups is 1. The molecule has 150 valence electrons. The van der Waals surface area contributed by atoms with Crippen LogP contribution in [0, 0.1) is 5.92 Å². The predicted molar refractivity (Wildman–Crippen MR) is 98.8 cm³/mol. The second-order valence-corrected chi connectivity index (χ2v) is 8.58. The van der Waals surface area contributed by atoms with Crippen molar-refractivity contribution in [2.24, 2.45) is 5.92 Å². The van der Waals surface area contributed by atoms with Crippen LogP contribution in [0.5, 0.6) is 0 Å². The van der Waals surface area contributed by atoms with Crippen LogP contribution in [-0.2, 0) is 23.8 Å². The van der Waals surface area contributed by atoms with E-state index in [1.807, 2.05) is 20.8 Å². The van der Waals surface area contributed by atoms with E-state index in [4.69, 9.17) is 14.2 Å². The van der Waals surface area contributed by atoms with Crippen molar-refractivity contribution in [2.75, 3.05) is 0 Å². The molecule has 0 aromatic heterocycles. The predicted octanol–water partition coefficient (Wildman–Crippen LogP) is 2.83. The Bertz CT molecular complexity index is 678. The maximum Gasteiger partial charge on any atom is 0.334 e. The van der Waals surface area contributed by atoms with Gasteiger partial charge in [-0.25, -0.2) is 4.79 Å². The second kappa shape index (κ2) is 7.06. The number of hydrogen-bond donors (Lipinski definition) is 1. The lowest BCUT2D eigenvalue weighted by molar-refractivity contribution is -0.153. The van der Waals surface area contributed by atoms with Crippen LogP contribution in [0.4, 0.5) is 0 Å². The van der Waals surface area contributed by atoms with Crippen molar-refractivity contribution in [3.8, 4) is 0 Å². The number of allylic oxidation sites excluding steroid dienone is 1. The van der Waals surface area contributed by atoms with Crippen molar-refractivity contribution in [3.63, 3.8) is 0 Å². The van der Waals surface area contributed by atoms with Crippen LogP contribution in [0.1, 0.15) is 59.8 Å². The average Bonchev–Trinajstić information content (AvgIpc) is 3.17. The topological polar surface area (TPSA) is 85.4 Å². The number of hydrogen-bond acceptors (Lipinski definition) is 6. The number of fused-ring (bicyclic) bond motifs is 3. The first-order valence-corrected chi connectivity index (χ1v) is 9.72. The first-order valence-electron chi connectivity index (χ1n) is 9.72. The van der Waals surface area contributed by atoms with E-state index in [0.29, 0.717) is 18.4 Å². The Balaban J connectivity index is 1.80. The van der Waals surface area contributed by atoms with E-state index >= 15 is 0 Å². The van der Waals surface area contributed by atoms with Crippen molar-refractivity contribution in [3.05, 3.63) is 23.8 Å². The molecule has 0 spiro atoms. The van der Waals surface area contributed by atoms with E-state index in [1.165, 1.54) is 0 Å². The molecule has 3 rings (SSSR count). The molecule has 1 unspecified atom stereocenters. The van der Waals surface area contributed by atoms with E-state index in [2.05, 4.69) is 12.7 Å². The molecule has 1 N–H and O–H groups in total. The molecular weight excluding hydrogens is 348 g/mol. The van der Waals surface area contributed by atoms with Crippen molar-refractivity contribution in [2.45, 2.75) is 89.3 Å². The summed E-state index contributed by atoms with van der Waals surface area (Å²) in [7, 11) is 0. The molecule has 1 aliphatic carbocycles. The molecule has 0 radical (unpaired) electrons. The summed E-state index contributed by atoms with van der Waals surface area (Å²) >= 11 is 0. The van der Waals surface area contributed by atoms with Crippen LogP contribution in [0.25, 0.3) is 0 Å². The zero-order valence-electron chi connectivity index (χ0n) is 16.6. The molecule has 6 heteroatoms. The summed E-state index contributed by atoms with van der Waals surface area (Å²) in [5.41, 5.74) is -0.0261. The summed E-state index contributed by atoms with van der Waals surface area (Å²) in [6.45, 7) is 11.3. The van der Waals surface area contributed by atoms with E-state index in [0.717, 1.165) is 18.4 Å². The maximum atomic E-state index is 12.4. The molecule has 2 heterocycles. The number of esters is 2. The van der Waals surface area contributed by atoms with Gasteiger partial charge in [-0.1, -0.05) is 19.6 Å². The highest BCUT2D eigenvalue weighted by molar-refractivity contribution is 5.91. The summed E-state index contributed by atoms with van der Waals surface area (Å²) in [4.78, 5) is 24.5. The fraction of sp³-hybridized carbons (Fsp3) is 0.714. The zero-order valence-corrected chi connectivity index (χ0v) is 16.6. The van der Waals surface area contributed by atoms with Crippen molar-refractivity contribution < 1.29 is 28.9 Å². The largest absolute Gasteiger partial charge is 0.458 e. The molecule has 0 aromatic rings. The lowest BCUT2D eigenvalue weighted by Crippen LogP contribution is -2.34. The van der Waals surface area contributed by atoms with E-state index in [1.54, 1.807) is 6.92 Å².